The molecule has 0 unspecified atom stereocenters. The van der Waals surface area contributed by atoms with Crippen LogP contribution >= 0.6 is 11.6 Å². The number of benzene rings is 1. The molecule has 6 heteroatoms. The van der Waals surface area contributed by atoms with E-state index in [4.69, 9.17) is 11.6 Å². The first-order chi connectivity index (χ1) is 10.0. The summed E-state index contributed by atoms with van der Waals surface area (Å²) in [6, 6.07) is 7.87. The fourth-order valence-electron chi connectivity index (χ4n) is 2.28. The molecule has 0 saturated heterocycles. The van der Waals surface area contributed by atoms with Crippen LogP contribution in [0.3, 0.4) is 0 Å². The number of anilines is 1. The number of carbonyl (C=O) groups is 3. The Bertz CT molecular complexity index is 784. The lowest BCUT2D eigenvalue weighted by atomic mass is 10.1. The number of carbonyl (C=O) groups excluding carboxylic acids is 3. The zero-order valence-electron chi connectivity index (χ0n) is 11.0. The normalized spacial score (nSPS) is 13.5. The predicted octanol–water partition coefficient (Wildman–Crippen LogP) is 2.41. The molecule has 2 heterocycles. The molecule has 3 rings (SSSR count). The Labute approximate surface area is 125 Å². The van der Waals surface area contributed by atoms with Crippen molar-refractivity contribution in [3.8, 4) is 0 Å². The number of hydrogen-bond acceptors (Lipinski definition) is 4. The van der Waals surface area contributed by atoms with Crippen molar-refractivity contribution in [1.29, 1.82) is 0 Å². The maximum absolute atomic E-state index is 12.5. The van der Waals surface area contributed by atoms with Crippen LogP contribution in [0.2, 0.25) is 5.15 Å². The van der Waals surface area contributed by atoms with E-state index in [-0.39, 0.29) is 16.3 Å². The first kappa shape index (κ1) is 13.5. The number of aromatic nitrogens is 1. The minimum absolute atomic E-state index is 0.191. The Morgan fingerprint density at radius 2 is 1.95 bits per heavy atom. The van der Waals surface area contributed by atoms with E-state index in [2.05, 4.69) is 4.98 Å². The van der Waals surface area contributed by atoms with Gasteiger partial charge in [0.05, 0.1) is 16.8 Å². The molecule has 0 bridgehead atoms. The molecular weight excluding hydrogens is 292 g/mol. The summed E-state index contributed by atoms with van der Waals surface area (Å²) in [5.41, 5.74) is 1.46. The average Bonchev–Trinajstić information content (AvgIpc) is 2.73. The van der Waals surface area contributed by atoms with Gasteiger partial charge in [-0.3, -0.25) is 14.4 Å². The zero-order valence-corrected chi connectivity index (χ0v) is 11.7. The first-order valence-electron chi connectivity index (χ1n) is 6.15. The van der Waals surface area contributed by atoms with Crippen LogP contribution in [0.5, 0.6) is 0 Å². The Hall–Kier alpha value is -2.53. The Balaban J connectivity index is 2.11. The number of halogens is 1. The van der Waals surface area contributed by atoms with Crippen molar-refractivity contribution < 1.29 is 14.4 Å². The highest BCUT2D eigenvalue weighted by Crippen LogP contribution is 2.33. The van der Waals surface area contributed by atoms with Crippen molar-refractivity contribution >= 4 is 34.9 Å². The van der Waals surface area contributed by atoms with Crippen LogP contribution in [0.4, 0.5) is 5.69 Å². The summed E-state index contributed by atoms with van der Waals surface area (Å²) in [4.78, 5) is 41.3. The number of Topliss-reactive ketones (excluding diaryl/α,β-unsaturated/α-hetero) is 1. The van der Waals surface area contributed by atoms with Gasteiger partial charge in [-0.15, -0.1) is 0 Å². The number of ketones is 1. The molecule has 1 aliphatic rings. The van der Waals surface area contributed by atoms with Crippen LogP contribution in [-0.4, -0.2) is 22.6 Å². The summed E-state index contributed by atoms with van der Waals surface area (Å²) < 4.78 is 0. The highest BCUT2D eigenvalue weighted by atomic mass is 35.5. The smallest absolute Gasteiger partial charge is 0.283 e. The van der Waals surface area contributed by atoms with Gasteiger partial charge in [0.15, 0.2) is 0 Å². The molecule has 0 saturated carbocycles. The minimum Gasteiger partial charge on any atom is -0.283 e. The zero-order chi connectivity index (χ0) is 15.1. The molecule has 0 aliphatic carbocycles. The molecule has 0 atom stereocenters. The van der Waals surface area contributed by atoms with Crippen LogP contribution in [0.1, 0.15) is 26.3 Å². The van der Waals surface area contributed by atoms with Crippen LogP contribution in [-0.2, 0) is 4.79 Å². The molecule has 2 amide bonds. The standard InChI is InChI=1S/C15H9ClN2O3/c1-8-3-2-4-10-12(8)18(15(21)13(10)19)14(20)9-5-6-11(16)17-7-9/h2-7H,1H3. The van der Waals surface area contributed by atoms with Crippen LogP contribution in [0, 0.1) is 6.92 Å². The van der Waals surface area contributed by atoms with Gasteiger partial charge in [-0.2, -0.15) is 0 Å². The number of pyridine rings is 1. The quantitative estimate of drug-likeness (QED) is 0.461. The molecule has 21 heavy (non-hydrogen) atoms. The Morgan fingerprint density at radius 3 is 2.62 bits per heavy atom. The summed E-state index contributed by atoms with van der Waals surface area (Å²) in [6.45, 7) is 1.74. The van der Waals surface area contributed by atoms with Gasteiger partial charge in [0, 0.05) is 6.20 Å². The molecule has 0 N–H and O–H groups in total. The third-order valence-corrected chi connectivity index (χ3v) is 3.50. The predicted molar refractivity (Wildman–Crippen MR) is 76.6 cm³/mol. The number of hydrogen-bond donors (Lipinski definition) is 0. The van der Waals surface area contributed by atoms with Crippen molar-refractivity contribution in [2.24, 2.45) is 0 Å². The molecule has 1 aromatic carbocycles. The van der Waals surface area contributed by atoms with Crippen LogP contribution in [0.25, 0.3) is 0 Å². The van der Waals surface area contributed by atoms with E-state index in [9.17, 15) is 14.4 Å². The number of fused-ring (bicyclic) bond motifs is 1. The Morgan fingerprint density at radius 1 is 1.19 bits per heavy atom. The largest absolute Gasteiger partial charge is 0.306 e. The van der Waals surface area contributed by atoms with Crippen LogP contribution < -0.4 is 4.90 Å². The van der Waals surface area contributed by atoms with E-state index in [1.807, 2.05) is 0 Å². The second-order valence-corrected chi connectivity index (χ2v) is 5.00. The van der Waals surface area contributed by atoms with E-state index < -0.39 is 17.6 Å². The first-order valence-corrected chi connectivity index (χ1v) is 6.53. The fourth-order valence-corrected chi connectivity index (χ4v) is 2.39. The fraction of sp³-hybridized carbons (Fsp3) is 0.0667. The highest BCUT2D eigenvalue weighted by Gasteiger charge is 2.41. The van der Waals surface area contributed by atoms with Gasteiger partial charge in [-0.05, 0) is 30.7 Å². The maximum Gasteiger partial charge on any atom is 0.306 e. The van der Waals surface area contributed by atoms with Crippen molar-refractivity contribution in [2.75, 3.05) is 4.90 Å². The van der Waals surface area contributed by atoms with E-state index in [0.717, 1.165) is 4.90 Å². The summed E-state index contributed by atoms with van der Waals surface area (Å²) in [5.74, 6) is -2.12. The molecule has 0 radical (unpaired) electrons. The maximum atomic E-state index is 12.5. The summed E-state index contributed by atoms with van der Waals surface area (Å²) in [7, 11) is 0. The highest BCUT2D eigenvalue weighted by molar-refractivity contribution is 6.57. The molecule has 0 spiro atoms. The summed E-state index contributed by atoms with van der Waals surface area (Å²) in [5, 5.41) is 0.243. The van der Waals surface area contributed by atoms with Gasteiger partial charge in [0.25, 0.3) is 11.7 Å². The number of amides is 2. The number of rotatable bonds is 1. The lowest BCUT2D eigenvalue weighted by Gasteiger charge is -2.16. The molecule has 104 valence electrons. The topological polar surface area (TPSA) is 67.3 Å². The van der Waals surface area contributed by atoms with E-state index in [0.29, 0.717) is 11.3 Å². The van der Waals surface area contributed by atoms with Crippen molar-refractivity contribution in [1.82, 2.24) is 4.98 Å². The molecular formula is C15H9ClN2O3. The number of para-hydroxylation sites is 1. The van der Waals surface area contributed by atoms with Crippen molar-refractivity contribution in [3.05, 3.63) is 58.4 Å². The van der Waals surface area contributed by atoms with E-state index >= 15 is 0 Å². The number of imide groups is 1. The summed E-state index contributed by atoms with van der Waals surface area (Å²) >= 11 is 5.68. The lowest BCUT2D eigenvalue weighted by molar-refractivity contribution is -0.113. The molecule has 1 aromatic heterocycles. The van der Waals surface area contributed by atoms with Gasteiger partial charge in [-0.25, -0.2) is 9.88 Å². The number of aryl methyl sites for hydroxylation is 1. The monoisotopic (exact) mass is 300 g/mol. The molecule has 0 fully saturated rings. The Kier molecular flexibility index (Phi) is 3.07. The third-order valence-electron chi connectivity index (χ3n) is 3.28. The SMILES string of the molecule is Cc1cccc2c1N(C(=O)c1ccc(Cl)nc1)C(=O)C2=O. The number of nitrogens with zero attached hydrogens (tertiary/aromatic N) is 2. The molecule has 2 aromatic rings. The van der Waals surface area contributed by atoms with Gasteiger partial charge < -0.3 is 0 Å². The molecule has 5 nitrogen and oxygen atoms in total. The van der Waals surface area contributed by atoms with E-state index in [1.54, 1.807) is 19.1 Å². The van der Waals surface area contributed by atoms with Crippen molar-refractivity contribution in [2.45, 2.75) is 6.92 Å². The average molecular weight is 301 g/mol. The summed E-state index contributed by atoms with van der Waals surface area (Å²) in [6.07, 6.45) is 1.28. The second kappa shape index (κ2) is 4.79. The van der Waals surface area contributed by atoms with Gasteiger partial charge in [0.2, 0.25) is 0 Å². The lowest BCUT2D eigenvalue weighted by Crippen LogP contribution is -2.36. The van der Waals surface area contributed by atoms with Gasteiger partial charge in [-0.1, -0.05) is 23.7 Å². The molecule has 1 aliphatic heterocycles. The van der Waals surface area contributed by atoms with Gasteiger partial charge in [0.1, 0.15) is 5.15 Å². The van der Waals surface area contributed by atoms with Gasteiger partial charge >= 0.3 is 5.91 Å². The third kappa shape index (κ3) is 2.02. The van der Waals surface area contributed by atoms with E-state index in [1.165, 1.54) is 24.4 Å². The van der Waals surface area contributed by atoms with Crippen molar-refractivity contribution in [3.63, 3.8) is 0 Å². The van der Waals surface area contributed by atoms with Crippen LogP contribution in [0.15, 0.2) is 36.5 Å². The minimum atomic E-state index is -0.848. The second-order valence-electron chi connectivity index (χ2n) is 4.62.